The fourth-order valence-electron chi connectivity index (χ4n) is 4.63. The van der Waals surface area contributed by atoms with Crippen molar-refractivity contribution < 1.29 is 0 Å². The normalized spacial score (nSPS) is 12.5. The molecule has 1 nitrogen and oxygen atoms in total. The fourth-order valence-corrected chi connectivity index (χ4v) is 7.40. The summed E-state index contributed by atoms with van der Waals surface area (Å²) < 4.78 is -0.365. The minimum atomic E-state index is -0.365. The highest BCUT2D eigenvalue weighted by molar-refractivity contribution is 8.01. The molecule has 0 bridgehead atoms. The van der Waals surface area contributed by atoms with Crippen molar-refractivity contribution in [1.82, 2.24) is 4.98 Å². The first-order valence-corrected chi connectivity index (χ1v) is 13.0. The van der Waals surface area contributed by atoms with E-state index in [1.807, 2.05) is 23.1 Å². The predicted molar refractivity (Wildman–Crippen MR) is 143 cm³/mol. The number of thioether (sulfide) groups is 1. The predicted octanol–water partition coefficient (Wildman–Crippen LogP) is 8.51. The van der Waals surface area contributed by atoms with E-state index < -0.39 is 0 Å². The molecule has 3 heteroatoms. The van der Waals surface area contributed by atoms with Crippen molar-refractivity contribution in [2.75, 3.05) is 0 Å². The summed E-state index contributed by atoms with van der Waals surface area (Å²) in [5, 5.41) is 2.38. The number of hydrogen-bond acceptors (Lipinski definition) is 2. The van der Waals surface area contributed by atoms with Crippen LogP contribution < -0.4 is 0 Å². The molecule has 0 saturated heterocycles. The van der Waals surface area contributed by atoms with Crippen molar-refractivity contribution in [3.8, 4) is 0 Å². The number of hydrogen-bond donors (Lipinski definition) is 1. The van der Waals surface area contributed by atoms with E-state index in [4.69, 9.17) is 0 Å². The summed E-state index contributed by atoms with van der Waals surface area (Å²) in [5.74, 6) is 0. The minimum Gasteiger partial charge on any atom is -0.362 e. The van der Waals surface area contributed by atoms with Crippen LogP contribution in [0.25, 0.3) is 0 Å². The summed E-state index contributed by atoms with van der Waals surface area (Å²) in [4.78, 5) is 4.92. The van der Waals surface area contributed by atoms with E-state index in [-0.39, 0.29) is 10.00 Å². The highest BCUT2D eigenvalue weighted by atomic mass is 32.2. The lowest BCUT2D eigenvalue weighted by atomic mass is 9.84. The second kappa shape index (κ2) is 9.46. The molecular weight excluding hydrogens is 438 g/mol. The second-order valence-corrected chi connectivity index (χ2v) is 10.6. The van der Waals surface area contributed by atoms with Crippen molar-refractivity contribution in [3.05, 3.63) is 153 Å². The molecule has 1 atom stereocenters. The molecule has 0 saturated carbocycles. The lowest BCUT2D eigenvalue weighted by Gasteiger charge is -2.38. The smallest absolute Gasteiger partial charge is 0.0916 e. The maximum Gasteiger partial charge on any atom is 0.0916 e. The van der Waals surface area contributed by atoms with Crippen LogP contribution in [0.3, 0.4) is 0 Å². The number of benzene rings is 3. The van der Waals surface area contributed by atoms with E-state index in [9.17, 15) is 0 Å². The summed E-state index contributed by atoms with van der Waals surface area (Å²) in [5.41, 5.74) is 7.67. The van der Waals surface area contributed by atoms with Crippen LogP contribution in [0, 0.1) is 13.8 Å². The maximum absolute atomic E-state index is 3.55. The molecule has 2 aromatic heterocycles. The van der Waals surface area contributed by atoms with Crippen LogP contribution in [0.4, 0.5) is 0 Å². The topological polar surface area (TPSA) is 15.8 Å². The van der Waals surface area contributed by atoms with Crippen LogP contribution in [-0.2, 0) is 4.75 Å². The first-order valence-electron chi connectivity index (χ1n) is 11.2. The van der Waals surface area contributed by atoms with Gasteiger partial charge in [-0.3, -0.25) is 0 Å². The summed E-state index contributed by atoms with van der Waals surface area (Å²) in [6, 6.07) is 39.6. The Bertz CT molecular complexity index is 1190. The van der Waals surface area contributed by atoms with Gasteiger partial charge in [0.25, 0.3) is 0 Å². The number of aromatic nitrogens is 1. The Hall–Kier alpha value is -3.01. The van der Waals surface area contributed by atoms with Gasteiger partial charge in [0.2, 0.25) is 0 Å². The Labute approximate surface area is 204 Å². The fraction of sp³-hybridized carbons (Fsp3) is 0.133. The Kier molecular flexibility index (Phi) is 6.26. The van der Waals surface area contributed by atoms with Gasteiger partial charge in [0.15, 0.2) is 0 Å². The largest absolute Gasteiger partial charge is 0.362 e. The molecule has 1 N–H and O–H groups in total. The van der Waals surface area contributed by atoms with Gasteiger partial charge < -0.3 is 4.98 Å². The summed E-state index contributed by atoms with van der Waals surface area (Å²) in [7, 11) is 0. The van der Waals surface area contributed by atoms with Crippen LogP contribution in [0.1, 0.15) is 43.8 Å². The van der Waals surface area contributed by atoms with E-state index in [1.165, 1.54) is 38.5 Å². The van der Waals surface area contributed by atoms with Crippen molar-refractivity contribution in [2.45, 2.75) is 23.8 Å². The summed E-state index contributed by atoms with van der Waals surface area (Å²) in [6.45, 7) is 4.34. The molecule has 5 rings (SSSR count). The molecule has 0 radical (unpaired) electrons. The van der Waals surface area contributed by atoms with Crippen LogP contribution in [0.5, 0.6) is 0 Å². The highest BCUT2D eigenvalue weighted by Gasteiger charge is 2.40. The third-order valence-electron chi connectivity index (χ3n) is 6.11. The molecule has 33 heavy (non-hydrogen) atoms. The van der Waals surface area contributed by atoms with Crippen LogP contribution in [0.2, 0.25) is 0 Å². The lowest BCUT2D eigenvalue weighted by molar-refractivity contribution is 0.886. The van der Waals surface area contributed by atoms with Crippen molar-refractivity contribution in [3.63, 3.8) is 0 Å². The van der Waals surface area contributed by atoms with Crippen molar-refractivity contribution in [1.29, 1.82) is 0 Å². The van der Waals surface area contributed by atoms with Gasteiger partial charge in [-0.05, 0) is 53.6 Å². The van der Waals surface area contributed by atoms with E-state index in [1.54, 1.807) is 0 Å². The molecular formula is C30H27NS2. The molecule has 3 aromatic carbocycles. The third-order valence-corrected chi connectivity index (χ3v) is 9.00. The van der Waals surface area contributed by atoms with Gasteiger partial charge in [0.05, 0.1) is 10.00 Å². The SMILES string of the molecule is Cc1cc(C(SC(c2ccccc2)(c2ccccc2)c2ccccc2)c2cccs2)c(C)[nH]1. The number of aryl methyl sites for hydroxylation is 2. The average Bonchev–Trinajstić information content (AvgIpc) is 3.51. The Morgan fingerprint density at radius 2 is 1.21 bits per heavy atom. The first kappa shape index (κ1) is 21.8. The zero-order valence-electron chi connectivity index (χ0n) is 18.9. The van der Waals surface area contributed by atoms with Crippen LogP contribution in [-0.4, -0.2) is 4.98 Å². The van der Waals surface area contributed by atoms with Gasteiger partial charge in [-0.2, -0.15) is 0 Å². The molecule has 0 aliphatic heterocycles. The molecule has 2 heterocycles. The molecule has 5 aromatic rings. The number of aromatic amines is 1. The van der Waals surface area contributed by atoms with E-state index in [0.29, 0.717) is 0 Å². The van der Waals surface area contributed by atoms with E-state index in [0.717, 1.165) is 0 Å². The molecule has 0 amide bonds. The zero-order chi connectivity index (χ0) is 22.7. The monoisotopic (exact) mass is 465 g/mol. The summed E-state index contributed by atoms with van der Waals surface area (Å²) >= 11 is 3.86. The van der Waals surface area contributed by atoms with Gasteiger partial charge in [0.1, 0.15) is 0 Å². The van der Waals surface area contributed by atoms with Gasteiger partial charge in [-0.15, -0.1) is 23.1 Å². The summed E-state index contributed by atoms with van der Waals surface area (Å²) in [6.07, 6.45) is 0. The Balaban J connectivity index is 1.79. The van der Waals surface area contributed by atoms with Gasteiger partial charge in [0, 0.05) is 16.3 Å². The number of H-pyrrole nitrogens is 1. The zero-order valence-corrected chi connectivity index (χ0v) is 20.5. The first-order chi connectivity index (χ1) is 16.2. The number of thiophene rings is 1. The molecule has 0 aliphatic rings. The minimum absolute atomic E-state index is 0.190. The Morgan fingerprint density at radius 1 is 0.697 bits per heavy atom. The highest BCUT2D eigenvalue weighted by Crippen LogP contribution is 2.56. The molecule has 0 spiro atoms. The number of nitrogens with one attached hydrogen (secondary N) is 1. The van der Waals surface area contributed by atoms with E-state index >= 15 is 0 Å². The molecule has 0 fully saturated rings. The molecule has 164 valence electrons. The second-order valence-electron chi connectivity index (χ2n) is 8.33. The maximum atomic E-state index is 3.55. The van der Waals surface area contributed by atoms with Gasteiger partial charge >= 0.3 is 0 Å². The third kappa shape index (κ3) is 4.19. The van der Waals surface area contributed by atoms with E-state index in [2.05, 4.69) is 133 Å². The molecule has 0 aliphatic carbocycles. The van der Waals surface area contributed by atoms with Gasteiger partial charge in [-0.1, -0.05) is 97.1 Å². The number of rotatable bonds is 7. The van der Waals surface area contributed by atoms with Crippen LogP contribution in [0.15, 0.2) is 115 Å². The van der Waals surface area contributed by atoms with Crippen molar-refractivity contribution in [2.24, 2.45) is 0 Å². The van der Waals surface area contributed by atoms with Crippen molar-refractivity contribution >= 4 is 23.1 Å². The van der Waals surface area contributed by atoms with Crippen LogP contribution >= 0.6 is 23.1 Å². The molecule has 1 unspecified atom stereocenters. The quantitative estimate of drug-likeness (QED) is 0.238. The van der Waals surface area contributed by atoms with Gasteiger partial charge in [-0.25, -0.2) is 0 Å². The average molecular weight is 466 g/mol. The Morgan fingerprint density at radius 3 is 1.61 bits per heavy atom. The standard InChI is InChI=1S/C30H27NS2/c1-22-21-27(23(2)31-22)29(28-19-12-20-32-28)33-30(24-13-6-3-7-14-24,25-15-8-4-9-16-25)26-17-10-5-11-18-26/h3-21,29,31H,1-2H3. The lowest BCUT2D eigenvalue weighted by Crippen LogP contribution is -2.27.